The van der Waals surface area contributed by atoms with Gasteiger partial charge in [0.25, 0.3) is 0 Å². The van der Waals surface area contributed by atoms with Crippen molar-refractivity contribution in [3.63, 3.8) is 0 Å². The number of hydrogen-bond donors (Lipinski definition) is 1. The maximum absolute atomic E-state index is 5.75. The number of halogens is 1. The van der Waals surface area contributed by atoms with Gasteiger partial charge in [-0.3, -0.25) is 0 Å². The lowest BCUT2D eigenvalue weighted by Gasteiger charge is -2.09. The second-order valence-corrected chi connectivity index (χ2v) is 5.22. The summed E-state index contributed by atoms with van der Waals surface area (Å²) in [7, 11) is 0. The number of rotatable bonds is 5. The summed E-state index contributed by atoms with van der Waals surface area (Å²) in [6.07, 6.45) is 0. The third-order valence-corrected chi connectivity index (χ3v) is 3.34. The molecule has 0 aliphatic heterocycles. The summed E-state index contributed by atoms with van der Waals surface area (Å²) in [5.41, 5.74) is 0.937. The van der Waals surface area contributed by atoms with E-state index in [0.29, 0.717) is 12.4 Å². The average Bonchev–Trinajstić information content (AvgIpc) is 2.37. The Morgan fingerprint density at radius 2 is 2.05 bits per heavy atom. The molecule has 0 saturated heterocycles. The van der Waals surface area contributed by atoms with Gasteiger partial charge in [0.2, 0.25) is 0 Å². The lowest BCUT2D eigenvalue weighted by Crippen LogP contribution is -2.07. The summed E-state index contributed by atoms with van der Waals surface area (Å²) < 4.78 is 6.83. The molecule has 1 aromatic carbocycles. The van der Waals surface area contributed by atoms with E-state index >= 15 is 0 Å². The summed E-state index contributed by atoms with van der Waals surface area (Å²) >= 11 is 2.25. The molecule has 0 bridgehead atoms. The van der Waals surface area contributed by atoms with Crippen molar-refractivity contribution in [3.05, 3.63) is 45.4 Å². The SMILES string of the molecule is CCNc1cc(C)nc(COc2ccccc2I)n1. The van der Waals surface area contributed by atoms with Crippen LogP contribution in [0.2, 0.25) is 0 Å². The van der Waals surface area contributed by atoms with Crippen LogP contribution in [-0.2, 0) is 6.61 Å². The Morgan fingerprint density at radius 3 is 2.79 bits per heavy atom. The van der Waals surface area contributed by atoms with Crippen LogP contribution in [0.5, 0.6) is 5.75 Å². The van der Waals surface area contributed by atoms with E-state index in [4.69, 9.17) is 4.74 Å². The number of ether oxygens (including phenoxy) is 1. The van der Waals surface area contributed by atoms with Gasteiger partial charge in [0.15, 0.2) is 5.82 Å². The van der Waals surface area contributed by atoms with Gasteiger partial charge in [-0.05, 0) is 48.6 Å². The van der Waals surface area contributed by atoms with Gasteiger partial charge in [-0.1, -0.05) is 12.1 Å². The van der Waals surface area contributed by atoms with E-state index in [2.05, 4.69) is 37.9 Å². The van der Waals surface area contributed by atoms with Crippen molar-refractivity contribution in [1.29, 1.82) is 0 Å². The summed E-state index contributed by atoms with van der Waals surface area (Å²) in [5.74, 6) is 2.39. The average molecular weight is 369 g/mol. The molecule has 1 heterocycles. The van der Waals surface area contributed by atoms with Crippen molar-refractivity contribution in [1.82, 2.24) is 9.97 Å². The predicted molar refractivity (Wildman–Crippen MR) is 84.4 cm³/mol. The third kappa shape index (κ3) is 4.05. The normalized spacial score (nSPS) is 10.3. The number of anilines is 1. The Morgan fingerprint density at radius 1 is 1.26 bits per heavy atom. The zero-order chi connectivity index (χ0) is 13.7. The molecule has 4 nitrogen and oxygen atoms in total. The molecule has 1 N–H and O–H groups in total. The Balaban J connectivity index is 2.09. The van der Waals surface area contributed by atoms with Crippen LogP contribution in [0.3, 0.4) is 0 Å². The smallest absolute Gasteiger partial charge is 0.168 e. The van der Waals surface area contributed by atoms with Crippen LogP contribution >= 0.6 is 22.6 Å². The maximum atomic E-state index is 5.75. The minimum Gasteiger partial charge on any atom is -0.485 e. The zero-order valence-corrected chi connectivity index (χ0v) is 13.1. The molecule has 0 saturated carbocycles. The van der Waals surface area contributed by atoms with Crippen molar-refractivity contribution in [2.45, 2.75) is 20.5 Å². The first-order valence-electron chi connectivity index (χ1n) is 6.15. The first-order chi connectivity index (χ1) is 9.19. The lowest BCUT2D eigenvalue weighted by atomic mass is 10.3. The maximum Gasteiger partial charge on any atom is 0.168 e. The first kappa shape index (κ1) is 14.0. The molecule has 0 aliphatic rings. The van der Waals surface area contributed by atoms with Gasteiger partial charge in [-0.25, -0.2) is 9.97 Å². The molecule has 0 fully saturated rings. The van der Waals surface area contributed by atoms with Crippen LogP contribution in [-0.4, -0.2) is 16.5 Å². The Hall–Kier alpha value is -1.37. The Kier molecular flexibility index (Phi) is 4.95. The van der Waals surface area contributed by atoms with Crippen molar-refractivity contribution in [2.75, 3.05) is 11.9 Å². The highest BCUT2D eigenvalue weighted by Gasteiger charge is 2.04. The summed E-state index contributed by atoms with van der Waals surface area (Å²) in [5, 5.41) is 3.19. The lowest BCUT2D eigenvalue weighted by molar-refractivity contribution is 0.293. The van der Waals surface area contributed by atoms with Crippen LogP contribution in [0.25, 0.3) is 0 Å². The quantitative estimate of drug-likeness (QED) is 0.821. The molecule has 1 aromatic heterocycles. The molecule has 19 heavy (non-hydrogen) atoms. The van der Waals surface area contributed by atoms with Gasteiger partial charge < -0.3 is 10.1 Å². The van der Waals surface area contributed by atoms with Gasteiger partial charge in [0, 0.05) is 18.3 Å². The second-order valence-electron chi connectivity index (χ2n) is 4.06. The third-order valence-electron chi connectivity index (χ3n) is 2.45. The second kappa shape index (κ2) is 6.70. The summed E-state index contributed by atoms with van der Waals surface area (Å²) in [6.45, 7) is 5.21. The number of aromatic nitrogens is 2. The minimum atomic E-state index is 0.375. The van der Waals surface area contributed by atoms with E-state index in [9.17, 15) is 0 Å². The number of nitrogens with zero attached hydrogens (tertiary/aromatic N) is 2. The van der Waals surface area contributed by atoms with Gasteiger partial charge in [-0.2, -0.15) is 0 Å². The molecule has 100 valence electrons. The molecule has 0 atom stereocenters. The monoisotopic (exact) mass is 369 g/mol. The highest BCUT2D eigenvalue weighted by molar-refractivity contribution is 14.1. The van der Waals surface area contributed by atoms with Crippen LogP contribution < -0.4 is 10.1 Å². The molecule has 2 aromatic rings. The van der Waals surface area contributed by atoms with Crippen molar-refractivity contribution < 1.29 is 4.74 Å². The van der Waals surface area contributed by atoms with Gasteiger partial charge in [0.05, 0.1) is 3.57 Å². The topological polar surface area (TPSA) is 47.0 Å². The van der Waals surface area contributed by atoms with Crippen LogP contribution in [0.15, 0.2) is 30.3 Å². The molecule has 5 heteroatoms. The number of para-hydroxylation sites is 1. The van der Waals surface area contributed by atoms with E-state index < -0.39 is 0 Å². The molecule has 0 spiro atoms. The van der Waals surface area contributed by atoms with Crippen molar-refractivity contribution >= 4 is 28.4 Å². The molecule has 2 rings (SSSR count). The fourth-order valence-electron chi connectivity index (χ4n) is 1.67. The van der Waals surface area contributed by atoms with Crippen molar-refractivity contribution in [2.24, 2.45) is 0 Å². The molecular weight excluding hydrogens is 353 g/mol. The van der Waals surface area contributed by atoms with Gasteiger partial charge >= 0.3 is 0 Å². The van der Waals surface area contributed by atoms with Gasteiger partial charge in [-0.15, -0.1) is 0 Å². The summed E-state index contributed by atoms with van der Waals surface area (Å²) in [6, 6.07) is 9.83. The van der Waals surface area contributed by atoms with E-state index in [1.54, 1.807) is 0 Å². The highest BCUT2D eigenvalue weighted by atomic mass is 127. The van der Waals surface area contributed by atoms with E-state index in [0.717, 1.165) is 27.4 Å². The van der Waals surface area contributed by atoms with Crippen LogP contribution in [0.4, 0.5) is 5.82 Å². The molecule has 0 amide bonds. The van der Waals surface area contributed by atoms with E-state index in [1.807, 2.05) is 44.2 Å². The van der Waals surface area contributed by atoms with E-state index in [-0.39, 0.29) is 0 Å². The standard InChI is InChI=1S/C14H16IN3O/c1-3-16-13-8-10(2)17-14(18-13)9-19-12-7-5-4-6-11(12)15/h4-8H,3,9H2,1-2H3,(H,16,17,18). The molecule has 0 aliphatic carbocycles. The van der Waals surface area contributed by atoms with Gasteiger partial charge in [0.1, 0.15) is 18.2 Å². The van der Waals surface area contributed by atoms with Crippen LogP contribution in [0.1, 0.15) is 18.4 Å². The largest absolute Gasteiger partial charge is 0.485 e. The number of benzene rings is 1. The molecule has 0 unspecified atom stereocenters. The van der Waals surface area contributed by atoms with Crippen molar-refractivity contribution in [3.8, 4) is 5.75 Å². The summed E-state index contributed by atoms with van der Waals surface area (Å²) in [4.78, 5) is 8.80. The predicted octanol–water partition coefficient (Wildman–Crippen LogP) is 3.40. The highest BCUT2D eigenvalue weighted by Crippen LogP contribution is 2.20. The number of nitrogens with one attached hydrogen (secondary N) is 1. The number of hydrogen-bond acceptors (Lipinski definition) is 4. The Bertz CT molecular complexity index is 560. The van der Waals surface area contributed by atoms with E-state index in [1.165, 1.54) is 0 Å². The minimum absolute atomic E-state index is 0.375. The zero-order valence-electron chi connectivity index (χ0n) is 11.0. The fourth-order valence-corrected chi connectivity index (χ4v) is 2.21. The molecule has 0 radical (unpaired) electrons. The molecular formula is C14H16IN3O. The number of aryl methyl sites for hydroxylation is 1. The first-order valence-corrected chi connectivity index (χ1v) is 7.22. The fraction of sp³-hybridized carbons (Fsp3) is 0.286. The van der Waals surface area contributed by atoms with Crippen LogP contribution in [0, 0.1) is 10.5 Å². The Labute approximate surface area is 126 Å².